The first-order valence-corrected chi connectivity index (χ1v) is 5.32. The Morgan fingerprint density at radius 3 is 2.33 bits per heavy atom. The average Bonchev–Trinajstić information content (AvgIpc) is 2.63. The van der Waals surface area contributed by atoms with E-state index >= 15 is 0 Å². The van der Waals surface area contributed by atoms with E-state index in [0.717, 1.165) is 5.56 Å². The van der Waals surface area contributed by atoms with Crippen LogP contribution in [-0.2, 0) is 0 Å². The van der Waals surface area contributed by atoms with Gasteiger partial charge in [0, 0.05) is 11.1 Å². The molecule has 0 atom stereocenters. The summed E-state index contributed by atoms with van der Waals surface area (Å²) in [5.41, 5.74) is 7.20. The fourth-order valence-corrected chi connectivity index (χ4v) is 2.31. The quantitative estimate of drug-likeness (QED) is 0.402. The number of nitrogens with zero attached hydrogens (tertiary/aromatic N) is 1. The normalized spacial score (nSPS) is 12.1. The van der Waals surface area contributed by atoms with Gasteiger partial charge in [-0.05, 0) is 11.6 Å². The van der Waals surface area contributed by atoms with E-state index in [-0.39, 0.29) is 22.7 Å². The van der Waals surface area contributed by atoms with E-state index in [1.807, 2.05) is 0 Å². The lowest BCUT2D eigenvalue weighted by Gasteiger charge is -2.02. The summed E-state index contributed by atoms with van der Waals surface area (Å²) in [4.78, 5) is 22.7. The van der Waals surface area contributed by atoms with Crippen molar-refractivity contribution in [2.75, 3.05) is 5.73 Å². The number of ketones is 1. The number of nitro benzene ring substituents is 1. The molecule has 0 unspecified atom stereocenters. The van der Waals surface area contributed by atoms with Crippen molar-refractivity contribution < 1.29 is 9.72 Å². The molecule has 2 aromatic carbocycles. The molecular formula is C13H8N2O3. The molecule has 5 nitrogen and oxygen atoms in total. The first kappa shape index (κ1) is 10.5. The predicted octanol–water partition coefficient (Wildman–Crippen LogP) is 2.39. The third-order valence-electron chi connectivity index (χ3n) is 3.08. The Balaban J connectivity index is 2.41. The number of benzene rings is 2. The van der Waals surface area contributed by atoms with Crippen molar-refractivity contribution in [3.05, 3.63) is 57.6 Å². The van der Waals surface area contributed by atoms with Gasteiger partial charge in [0.2, 0.25) is 5.78 Å². The van der Waals surface area contributed by atoms with Crippen LogP contribution in [0.5, 0.6) is 0 Å². The Morgan fingerprint density at radius 1 is 1.00 bits per heavy atom. The zero-order valence-corrected chi connectivity index (χ0v) is 9.21. The second-order valence-corrected chi connectivity index (χ2v) is 4.06. The van der Waals surface area contributed by atoms with Crippen LogP contribution in [0.25, 0.3) is 11.1 Å². The number of hydrogen-bond donors (Lipinski definition) is 1. The Kier molecular flexibility index (Phi) is 1.98. The summed E-state index contributed by atoms with van der Waals surface area (Å²) in [5, 5.41) is 11.1. The van der Waals surface area contributed by atoms with Crippen LogP contribution in [0.3, 0.4) is 0 Å². The van der Waals surface area contributed by atoms with Crippen molar-refractivity contribution >= 4 is 17.2 Å². The van der Waals surface area contributed by atoms with Gasteiger partial charge >= 0.3 is 5.69 Å². The van der Waals surface area contributed by atoms with Crippen molar-refractivity contribution in [3.8, 4) is 11.1 Å². The van der Waals surface area contributed by atoms with Crippen molar-refractivity contribution in [1.82, 2.24) is 0 Å². The maximum Gasteiger partial charge on any atom is 0.303 e. The Morgan fingerprint density at radius 2 is 1.67 bits per heavy atom. The van der Waals surface area contributed by atoms with Gasteiger partial charge < -0.3 is 5.73 Å². The van der Waals surface area contributed by atoms with Crippen LogP contribution in [0.2, 0.25) is 0 Å². The van der Waals surface area contributed by atoms with Gasteiger partial charge in [0.1, 0.15) is 11.3 Å². The van der Waals surface area contributed by atoms with Crippen molar-refractivity contribution in [3.63, 3.8) is 0 Å². The minimum absolute atomic E-state index is 0.0138. The summed E-state index contributed by atoms with van der Waals surface area (Å²) in [6, 6.07) is 10.1. The van der Waals surface area contributed by atoms with E-state index in [0.29, 0.717) is 11.1 Å². The van der Waals surface area contributed by atoms with Crippen LogP contribution < -0.4 is 5.73 Å². The molecule has 0 bridgehead atoms. The number of rotatable bonds is 1. The molecule has 0 fully saturated rings. The van der Waals surface area contributed by atoms with Crippen LogP contribution in [0.1, 0.15) is 15.9 Å². The molecule has 0 spiro atoms. The molecule has 0 amide bonds. The molecule has 0 saturated carbocycles. The summed E-state index contributed by atoms with van der Waals surface area (Å²) < 4.78 is 0. The molecule has 88 valence electrons. The van der Waals surface area contributed by atoms with Crippen LogP contribution in [-0.4, -0.2) is 10.7 Å². The van der Waals surface area contributed by atoms with Gasteiger partial charge in [0.05, 0.1) is 4.92 Å². The lowest BCUT2D eigenvalue weighted by Crippen LogP contribution is -2.04. The number of nitrogens with two attached hydrogens (primary N) is 1. The molecule has 0 aromatic heterocycles. The van der Waals surface area contributed by atoms with Crippen molar-refractivity contribution in [2.24, 2.45) is 0 Å². The number of carbonyl (C=O) groups is 1. The first-order valence-electron chi connectivity index (χ1n) is 5.32. The lowest BCUT2D eigenvalue weighted by molar-refractivity contribution is -0.384. The van der Waals surface area contributed by atoms with Gasteiger partial charge in [0.25, 0.3) is 0 Å². The highest BCUT2D eigenvalue weighted by Gasteiger charge is 2.35. The van der Waals surface area contributed by atoms with Crippen LogP contribution in [0.4, 0.5) is 11.4 Å². The summed E-state index contributed by atoms with van der Waals surface area (Å²) >= 11 is 0. The highest BCUT2D eigenvalue weighted by Crippen LogP contribution is 2.43. The number of hydrogen-bond acceptors (Lipinski definition) is 4. The van der Waals surface area contributed by atoms with E-state index in [1.165, 1.54) is 6.07 Å². The lowest BCUT2D eigenvalue weighted by atomic mass is 10.0. The van der Waals surface area contributed by atoms with Crippen LogP contribution in [0, 0.1) is 10.1 Å². The average molecular weight is 240 g/mol. The Labute approximate surface area is 102 Å². The van der Waals surface area contributed by atoms with Crippen molar-refractivity contribution in [1.29, 1.82) is 0 Å². The highest BCUT2D eigenvalue weighted by molar-refractivity contribution is 6.24. The number of carbonyl (C=O) groups excluding carboxylic acids is 1. The molecule has 1 aliphatic rings. The molecule has 3 rings (SSSR count). The second kappa shape index (κ2) is 3.40. The van der Waals surface area contributed by atoms with Gasteiger partial charge in [-0.1, -0.05) is 30.3 Å². The predicted molar refractivity (Wildman–Crippen MR) is 66.4 cm³/mol. The fourth-order valence-electron chi connectivity index (χ4n) is 2.31. The van der Waals surface area contributed by atoms with E-state index in [9.17, 15) is 14.9 Å². The monoisotopic (exact) mass is 240 g/mol. The zero-order chi connectivity index (χ0) is 12.9. The largest absolute Gasteiger partial charge is 0.393 e. The summed E-state index contributed by atoms with van der Waals surface area (Å²) in [6.07, 6.45) is 0. The minimum atomic E-state index is -0.599. The molecule has 2 aromatic rings. The zero-order valence-electron chi connectivity index (χ0n) is 9.21. The smallest absolute Gasteiger partial charge is 0.303 e. The Bertz CT molecular complexity index is 707. The molecule has 0 aliphatic heterocycles. The summed E-state index contributed by atoms with van der Waals surface area (Å²) in [7, 11) is 0. The van der Waals surface area contributed by atoms with Crippen molar-refractivity contribution in [2.45, 2.75) is 0 Å². The van der Waals surface area contributed by atoms with Crippen LogP contribution in [0.15, 0.2) is 36.4 Å². The highest BCUT2D eigenvalue weighted by atomic mass is 16.6. The van der Waals surface area contributed by atoms with Gasteiger partial charge in [-0.2, -0.15) is 0 Å². The van der Waals surface area contributed by atoms with Gasteiger partial charge in [-0.15, -0.1) is 0 Å². The van der Waals surface area contributed by atoms with E-state index < -0.39 is 4.92 Å². The summed E-state index contributed by atoms with van der Waals surface area (Å²) in [5.74, 6) is -0.334. The molecule has 5 heteroatoms. The number of fused-ring (bicyclic) bond motifs is 3. The van der Waals surface area contributed by atoms with Gasteiger partial charge in [-0.3, -0.25) is 14.9 Å². The number of anilines is 1. The number of nitro groups is 1. The molecule has 0 radical (unpaired) electrons. The number of nitrogen functional groups attached to an aromatic ring is 1. The topological polar surface area (TPSA) is 86.2 Å². The van der Waals surface area contributed by atoms with Gasteiger partial charge in [-0.25, -0.2) is 0 Å². The summed E-state index contributed by atoms with van der Waals surface area (Å²) in [6.45, 7) is 0. The second-order valence-electron chi connectivity index (χ2n) is 4.06. The third-order valence-corrected chi connectivity index (χ3v) is 3.08. The molecule has 18 heavy (non-hydrogen) atoms. The van der Waals surface area contributed by atoms with Gasteiger partial charge in [0.15, 0.2) is 0 Å². The molecule has 2 N–H and O–H groups in total. The maximum absolute atomic E-state index is 12.2. The minimum Gasteiger partial charge on any atom is -0.393 e. The SMILES string of the molecule is Nc1ccc2c(c1[N+](=O)[O-])C(=O)c1ccccc1-2. The fraction of sp³-hybridized carbons (Fsp3) is 0. The Hall–Kier alpha value is -2.69. The van der Waals surface area contributed by atoms with E-state index in [4.69, 9.17) is 5.73 Å². The van der Waals surface area contributed by atoms with Crippen LogP contribution >= 0.6 is 0 Å². The maximum atomic E-state index is 12.2. The molecule has 1 aliphatic carbocycles. The van der Waals surface area contributed by atoms with E-state index in [1.54, 1.807) is 30.3 Å². The molecule has 0 saturated heterocycles. The molecular weight excluding hydrogens is 232 g/mol. The van der Waals surface area contributed by atoms with E-state index in [2.05, 4.69) is 0 Å². The molecule has 0 heterocycles. The first-order chi connectivity index (χ1) is 8.61. The third kappa shape index (κ3) is 1.18. The standard InChI is InChI=1S/C13H8N2O3/c14-10-6-5-8-7-3-1-2-4-9(7)13(16)11(8)12(10)15(17)18/h1-6H,14H2.